The van der Waals surface area contributed by atoms with Gasteiger partial charge in [-0.25, -0.2) is 0 Å². The van der Waals surface area contributed by atoms with E-state index < -0.39 is 0 Å². The number of nitrogen functional groups attached to an aromatic ring is 1. The smallest absolute Gasteiger partial charge is 0.244 e. The van der Waals surface area contributed by atoms with Crippen LogP contribution < -0.4 is 5.73 Å². The fourth-order valence-electron chi connectivity index (χ4n) is 2.47. The summed E-state index contributed by atoms with van der Waals surface area (Å²) in [4.78, 5) is 27.7. The van der Waals surface area contributed by atoms with Crippen LogP contribution in [0.2, 0.25) is 0 Å². The summed E-state index contributed by atoms with van der Waals surface area (Å²) in [6.07, 6.45) is 3.75. The highest BCUT2D eigenvalue weighted by molar-refractivity contribution is 5.81. The Balaban J connectivity index is 1.49. The van der Waals surface area contributed by atoms with Gasteiger partial charge in [0.1, 0.15) is 12.4 Å². The van der Waals surface area contributed by atoms with E-state index in [1.165, 1.54) is 0 Å². The first-order valence-electron chi connectivity index (χ1n) is 6.99. The predicted octanol–water partition coefficient (Wildman–Crippen LogP) is -0.454. The van der Waals surface area contributed by atoms with Gasteiger partial charge in [0.25, 0.3) is 0 Å². The molecule has 7 heteroatoms. The molecule has 1 aliphatic carbocycles. The molecule has 0 unspecified atom stereocenters. The maximum Gasteiger partial charge on any atom is 0.244 e. The second-order valence-corrected chi connectivity index (χ2v) is 5.42. The van der Waals surface area contributed by atoms with Gasteiger partial charge in [-0.05, 0) is 18.9 Å². The van der Waals surface area contributed by atoms with E-state index >= 15 is 0 Å². The number of piperazine rings is 1. The van der Waals surface area contributed by atoms with Crippen molar-refractivity contribution in [1.29, 1.82) is 0 Å². The van der Waals surface area contributed by atoms with Gasteiger partial charge in [-0.15, -0.1) is 0 Å². The van der Waals surface area contributed by atoms with Crippen molar-refractivity contribution in [2.75, 3.05) is 31.9 Å². The molecule has 2 aliphatic rings. The van der Waals surface area contributed by atoms with Crippen LogP contribution in [0.5, 0.6) is 0 Å². The number of amides is 2. The molecule has 0 radical (unpaired) electrons. The highest BCUT2D eigenvalue weighted by Crippen LogP contribution is 2.31. The maximum atomic E-state index is 12.1. The average molecular weight is 277 g/mol. The number of hydrogen-bond acceptors (Lipinski definition) is 4. The van der Waals surface area contributed by atoms with E-state index in [-0.39, 0.29) is 24.3 Å². The average Bonchev–Trinajstić information content (AvgIpc) is 3.22. The molecule has 0 aromatic carbocycles. The minimum Gasteiger partial charge on any atom is -0.382 e. The van der Waals surface area contributed by atoms with Gasteiger partial charge in [0.15, 0.2) is 0 Å². The van der Waals surface area contributed by atoms with Gasteiger partial charge in [-0.2, -0.15) is 5.10 Å². The van der Waals surface area contributed by atoms with E-state index in [2.05, 4.69) is 5.10 Å². The van der Waals surface area contributed by atoms with E-state index in [9.17, 15) is 9.59 Å². The lowest BCUT2D eigenvalue weighted by Gasteiger charge is -2.34. The first-order valence-corrected chi connectivity index (χ1v) is 6.99. The van der Waals surface area contributed by atoms with E-state index in [0.29, 0.717) is 32.0 Å². The van der Waals surface area contributed by atoms with Crippen molar-refractivity contribution in [1.82, 2.24) is 19.6 Å². The van der Waals surface area contributed by atoms with Crippen molar-refractivity contribution in [3.8, 4) is 0 Å². The van der Waals surface area contributed by atoms with Crippen molar-refractivity contribution < 1.29 is 9.59 Å². The van der Waals surface area contributed by atoms with E-state index in [1.54, 1.807) is 21.8 Å². The van der Waals surface area contributed by atoms with Crippen LogP contribution in [0, 0.1) is 5.92 Å². The molecule has 3 rings (SSSR count). The summed E-state index contributed by atoms with van der Waals surface area (Å²) < 4.78 is 1.54. The van der Waals surface area contributed by atoms with Crippen molar-refractivity contribution in [2.45, 2.75) is 19.4 Å². The van der Waals surface area contributed by atoms with Crippen molar-refractivity contribution in [2.24, 2.45) is 5.92 Å². The molecule has 0 spiro atoms. The molecule has 0 atom stereocenters. The fraction of sp³-hybridized carbons (Fsp3) is 0.615. The first kappa shape index (κ1) is 13.0. The molecule has 1 saturated carbocycles. The first-order chi connectivity index (χ1) is 9.63. The molecule has 1 saturated heterocycles. The minimum absolute atomic E-state index is 0.0200. The van der Waals surface area contributed by atoms with Gasteiger partial charge in [-0.1, -0.05) is 0 Å². The van der Waals surface area contributed by atoms with Crippen LogP contribution in [0.4, 0.5) is 5.82 Å². The van der Waals surface area contributed by atoms with Gasteiger partial charge >= 0.3 is 0 Å². The highest BCUT2D eigenvalue weighted by Gasteiger charge is 2.35. The molecule has 108 valence electrons. The number of aromatic nitrogens is 2. The molecule has 2 heterocycles. The Morgan fingerprint density at radius 1 is 1.20 bits per heavy atom. The number of rotatable bonds is 3. The van der Waals surface area contributed by atoms with E-state index in [4.69, 9.17) is 5.73 Å². The molecule has 1 aromatic rings. The fourth-order valence-corrected chi connectivity index (χ4v) is 2.47. The molecule has 2 N–H and O–H groups in total. The van der Waals surface area contributed by atoms with Gasteiger partial charge < -0.3 is 15.5 Å². The lowest BCUT2D eigenvalue weighted by atomic mass is 10.2. The second-order valence-electron chi connectivity index (χ2n) is 5.42. The Bertz CT molecular complexity index is 515. The Labute approximate surface area is 117 Å². The third kappa shape index (κ3) is 2.76. The minimum atomic E-state index is 0.0200. The third-order valence-corrected chi connectivity index (χ3v) is 3.83. The molecule has 2 fully saturated rings. The van der Waals surface area contributed by atoms with Crippen LogP contribution in [-0.2, 0) is 16.1 Å². The van der Waals surface area contributed by atoms with Crippen LogP contribution in [0.25, 0.3) is 0 Å². The van der Waals surface area contributed by atoms with Crippen molar-refractivity contribution in [3.05, 3.63) is 12.3 Å². The topological polar surface area (TPSA) is 84.5 Å². The zero-order valence-electron chi connectivity index (χ0n) is 11.4. The molecule has 0 bridgehead atoms. The molecule has 7 nitrogen and oxygen atoms in total. The van der Waals surface area contributed by atoms with Crippen LogP contribution in [0.3, 0.4) is 0 Å². The lowest BCUT2D eigenvalue weighted by Crippen LogP contribution is -2.51. The lowest BCUT2D eigenvalue weighted by molar-refractivity contribution is -0.140. The SMILES string of the molecule is Nc1ccn(CC(=O)N2CCN(C(=O)C3CC3)CC2)n1. The Morgan fingerprint density at radius 3 is 2.40 bits per heavy atom. The summed E-state index contributed by atoms with van der Waals surface area (Å²) in [7, 11) is 0. The van der Waals surface area contributed by atoms with Gasteiger partial charge in [-0.3, -0.25) is 14.3 Å². The maximum absolute atomic E-state index is 12.1. The summed E-state index contributed by atoms with van der Waals surface area (Å²) in [6, 6.07) is 1.67. The predicted molar refractivity (Wildman–Crippen MR) is 72.5 cm³/mol. The molecular weight excluding hydrogens is 258 g/mol. The number of hydrogen-bond donors (Lipinski definition) is 1. The summed E-state index contributed by atoms with van der Waals surface area (Å²) in [5.74, 6) is 0.950. The number of nitrogens with zero attached hydrogens (tertiary/aromatic N) is 4. The number of nitrogens with two attached hydrogens (primary N) is 1. The van der Waals surface area contributed by atoms with Crippen LogP contribution in [0.15, 0.2) is 12.3 Å². The number of anilines is 1. The van der Waals surface area contributed by atoms with Gasteiger partial charge in [0, 0.05) is 38.3 Å². The number of carbonyl (C=O) groups excluding carboxylic acids is 2. The molecule has 20 heavy (non-hydrogen) atoms. The quantitative estimate of drug-likeness (QED) is 0.810. The highest BCUT2D eigenvalue weighted by atomic mass is 16.2. The second kappa shape index (κ2) is 5.15. The molecule has 2 amide bonds. The summed E-state index contributed by atoms with van der Waals surface area (Å²) in [5, 5.41) is 4.00. The van der Waals surface area contributed by atoms with Crippen LogP contribution in [0.1, 0.15) is 12.8 Å². The van der Waals surface area contributed by atoms with Crippen LogP contribution >= 0.6 is 0 Å². The van der Waals surface area contributed by atoms with Gasteiger partial charge in [0.2, 0.25) is 11.8 Å². The van der Waals surface area contributed by atoms with E-state index in [1.807, 2.05) is 4.90 Å². The molecule has 1 aromatic heterocycles. The molecule has 1 aliphatic heterocycles. The van der Waals surface area contributed by atoms with Crippen molar-refractivity contribution >= 4 is 17.6 Å². The van der Waals surface area contributed by atoms with Gasteiger partial charge in [0.05, 0.1) is 0 Å². The number of carbonyl (C=O) groups is 2. The standard InChI is InChI=1S/C13H19N5O2/c14-11-3-4-18(15-11)9-12(19)16-5-7-17(8-6-16)13(20)10-1-2-10/h3-4,10H,1-2,5-9H2,(H2,14,15). The third-order valence-electron chi connectivity index (χ3n) is 3.83. The zero-order valence-corrected chi connectivity index (χ0v) is 11.4. The summed E-state index contributed by atoms with van der Waals surface area (Å²) in [5.41, 5.74) is 5.52. The normalized spacial score (nSPS) is 19.2. The Morgan fingerprint density at radius 2 is 1.85 bits per heavy atom. The monoisotopic (exact) mass is 277 g/mol. The van der Waals surface area contributed by atoms with Crippen LogP contribution in [-0.4, -0.2) is 57.6 Å². The Kier molecular flexibility index (Phi) is 3.33. The van der Waals surface area contributed by atoms with E-state index in [0.717, 1.165) is 12.8 Å². The molecular formula is C13H19N5O2. The zero-order chi connectivity index (χ0) is 14.1. The largest absolute Gasteiger partial charge is 0.382 e. The Hall–Kier alpha value is -2.05. The van der Waals surface area contributed by atoms with Crippen molar-refractivity contribution in [3.63, 3.8) is 0 Å². The summed E-state index contributed by atoms with van der Waals surface area (Å²) >= 11 is 0. The summed E-state index contributed by atoms with van der Waals surface area (Å²) in [6.45, 7) is 2.69.